The van der Waals surface area contributed by atoms with Gasteiger partial charge in [0.1, 0.15) is 11.9 Å². The third-order valence-electron chi connectivity index (χ3n) is 4.06. The molecule has 136 valence electrons. The van der Waals surface area contributed by atoms with Gasteiger partial charge in [-0.25, -0.2) is 4.98 Å². The van der Waals surface area contributed by atoms with Crippen molar-refractivity contribution in [3.63, 3.8) is 0 Å². The highest BCUT2D eigenvalue weighted by Gasteiger charge is 2.19. The molecule has 0 fully saturated rings. The van der Waals surface area contributed by atoms with E-state index in [1.54, 1.807) is 18.7 Å². The van der Waals surface area contributed by atoms with Crippen LogP contribution in [-0.2, 0) is 16.1 Å². The Labute approximate surface area is 152 Å². The van der Waals surface area contributed by atoms with Gasteiger partial charge in [0.25, 0.3) is 0 Å². The lowest BCUT2D eigenvalue weighted by Gasteiger charge is -2.18. The van der Waals surface area contributed by atoms with Gasteiger partial charge >= 0.3 is 0 Å². The zero-order valence-corrected chi connectivity index (χ0v) is 15.9. The van der Waals surface area contributed by atoms with Crippen molar-refractivity contribution in [1.29, 1.82) is 0 Å². The van der Waals surface area contributed by atoms with Crippen LogP contribution in [0.1, 0.15) is 25.6 Å². The predicted octanol–water partition coefficient (Wildman–Crippen LogP) is 2.11. The largest absolute Gasteiger partial charge is 0.353 e. The summed E-state index contributed by atoms with van der Waals surface area (Å²) in [7, 11) is 0. The van der Waals surface area contributed by atoms with Crippen molar-refractivity contribution in [3.8, 4) is 0 Å². The number of thioether (sulfide) groups is 1. The van der Waals surface area contributed by atoms with E-state index >= 15 is 0 Å². The number of rotatable bonds is 9. The number of nitrogens with zero attached hydrogens (tertiary/aromatic N) is 2. The summed E-state index contributed by atoms with van der Waals surface area (Å²) < 4.78 is 2.09. The monoisotopic (exact) mass is 362 g/mol. The Morgan fingerprint density at radius 2 is 2.08 bits per heavy atom. The van der Waals surface area contributed by atoms with Crippen LogP contribution in [-0.4, -0.2) is 46.0 Å². The van der Waals surface area contributed by atoms with Gasteiger partial charge in [0.05, 0.1) is 11.0 Å². The van der Waals surface area contributed by atoms with E-state index in [-0.39, 0.29) is 11.8 Å². The third kappa shape index (κ3) is 5.22. The molecule has 2 amide bonds. The Balaban J connectivity index is 1.94. The summed E-state index contributed by atoms with van der Waals surface area (Å²) in [6.07, 6.45) is 3.00. The minimum Gasteiger partial charge on any atom is -0.353 e. The lowest BCUT2D eigenvalue weighted by atomic mass is 10.2. The maximum atomic E-state index is 12.4. The highest BCUT2D eigenvalue weighted by molar-refractivity contribution is 7.98. The van der Waals surface area contributed by atoms with Crippen LogP contribution in [0.15, 0.2) is 24.3 Å². The van der Waals surface area contributed by atoms with Crippen LogP contribution in [0.4, 0.5) is 0 Å². The summed E-state index contributed by atoms with van der Waals surface area (Å²) in [5, 5.41) is 5.74. The Bertz CT molecular complexity index is 729. The second-order valence-corrected chi connectivity index (χ2v) is 6.83. The van der Waals surface area contributed by atoms with Crippen molar-refractivity contribution in [2.75, 3.05) is 18.6 Å². The van der Waals surface area contributed by atoms with Crippen LogP contribution in [0.25, 0.3) is 11.0 Å². The van der Waals surface area contributed by atoms with E-state index in [9.17, 15) is 9.59 Å². The maximum absolute atomic E-state index is 12.4. The molecule has 1 atom stereocenters. The summed E-state index contributed by atoms with van der Waals surface area (Å²) in [5.74, 6) is 1.53. The molecule has 6 nitrogen and oxygen atoms in total. The first-order valence-electron chi connectivity index (χ1n) is 8.54. The molecule has 2 N–H and O–H groups in total. The number of aryl methyl sites for hydroxylation is 1. The normalized spacial score (nSPS) is 12.1. The van der Waals surface area contributed by atoms with Gasteiger partial charge in [-0.05, 0) is 37.5 Å². The zero-order chi connectivity index (χ0) is 18.2. The molecule has 0 aliphatic rings. The molecule has 1 heterocycles. The minimum absolute atomic E-state index is 0.0994. The van der Waals surface area contributed by atoms with Gasteiger partial charge in [-0.3, -0.25) is 9.59 Å². The number of para-hydroxylation sites is 2. The number of carbonyl (C=O) groups excluding carboxylic acids is 2. The van der Waals surface area contributed by atoms with Gasteiger partial charge in [0, 0.05) is 19.5 Å². The van der Waals surface area contributed by atoms with Crippen molar-refractivity contribution < 1.29 is 9.59 Å². The summed E-state index contributed by atoms with van der Waals surface area (Å²) in [4.78, 5) is 28.6. The van der Waals surface area contributed by atoms with Crippen LogP contribution in [0.2, 0.25) is 0 Å². The molecule has 1 unspecified atom stereocenters. The number of hydrogen-bond donors (Lipinski definition) is 2. The minimum atomic E-state index is -0.472. The number of aromatic nitrogens is 2. The van der Waals surface area contributed by atoms with E-state index in [0.717, 1.165) is 22.6 Å². The first-order chi connectivity index (χ1) is 12.1. The van der Waals surface area contributed by atoms with E-state index in [4.69, 9.17) is 0 Å². The molecule has 7 heteroatoms. The number of benzene rings is 1. The van der Waals surface area contributed by atoms with E-state index < -0.39 is 6.04 Å². The van der Waals surface area contributed by atoms with Crippen molar-refractivity contribution in [2.24, 2.45) is 0 Å². The maximum Gasteiger partial charge on any atom is 0.242 e. The van der Waals surface area contributed by atoms with Crippen molar-refractivity contribution in [3.05, 3.63) is 30.1 Å². The fourth-order valence-electron chi connectivity index (χ4n) is 2.69. The lowest BCUT2D eigenvalue weighted by molar-refractivity contribution is -0.128. The molecule has 1 aromatic carbocycles. The molecule has 1 aromatic heterocycles. The second-order valence-electron chi connectivity index (χ2n) is 5.85. The first kappa shape index (κ1) is 19.3. The number of carbonyl (C=O) groups is 2. The van der Waals surface area contributed by atoms with Crippen molar-refractivity contribution in [2.45, 2.75) is 39.3 Å². The van der Waals surface area contributed by atoms with Gasteiger partial charge < -0.3 is 15.2 Å². The van der Waals surface area contributed by atoms with E-state index in [2.05, 4.69) is 20.2 Å². The average Bonchev–Trinajstić information content (AvgIpc) is 2.93. The molecular formula is C18H26N4O2S. The predicted molar refractivity (Wildman–Crippen MR) is 103 cm³/mol. The van der Waals surface area contributed by atoms with E-state index in [1.165, 1.54) is 0 Å². The van der Waals surface area contributed by atoms with Gasteiger partial charge in [-0.15, -0.1) is 0 Å². The Kier molecular flexibility index (Phi) is 7.31. The Morgan fingerprint density at radius 3 is 2.80 bits per heavy atom. The molecule has 0 saturated heterocycles. The highest BCUT2D eigenvalue weighted by atomic mass is 32.2. The zero-order valence-electron chi connectivity index (χ0n) is 15.0. The summed E-state index contributed by atoms with van der Waals surface area (Å²) in [6, 6.07) is 7.49. The fourth-order valence-corrected chi connectivity index (χ4v) is 3.16. The fraction of sp³-hybridized carbons (Fsp3) is 0.500. The number of hydrogen-bond acceptors (Lipinski definition) is 4. The molecule has 0 saturated carbocycles. The summed E-state index contributed by atoms with van der Waals surface area (Å²) in [6.45, 7) is 4.89. The van der Waals surface area contributed by atoms with E-state index in [1.807, 2.05) is 37.4 Å². The van der Waals surface area contributed by atoms with Crippen LogP contribution < -0.4 is 10.6 Å². The van der Waals surface area contributed by atoms with Gasteiger partial charge in [-0.1, -0.05) is 19.1 Å². The Hall–Kier alpha value is -2.02. The van der Waals surface area contributed by atoms with Gasteiger partial charge in [-0.2, -0.15) is 11.8 Å². The topological polar surface area (TPSA) is 76.0 Å². The summed E-state index contributed by atoms with van der Waals surface area (Å²) >= 11 is 1.66. The number of nitrogens with one attached hydrogen (secondary N) is 2. The summed E-state index contributed by atoms with van der Waals surface area (Å²) in [5.41, 5.74) is 2.02. The standard InChI is InChI=1S/C18H26N4O2S/c1-4-17(23)21-15(9-12-25-3)18(24)19-10-11-22-13(2)20-14-7-5-6-8-16(14)22/h5-8,15H,4,9-12H2,1-3H3,(H,19,24)(H,21,23). The third-order valence-corrected chi connectivity index (χ3v) is 4.71. The van der Waals surface area contributed by atoms with E-state index in [0.29, 0.717) is 25.9 Å². The first-order valence-corrected chi connectivity index (χ1v) is 9.94. The molecule has 2 aromatic rings. The average molecular weight is 362 g/mol. The van der Waals surface area contributed by atoms with Crippen molar-refractivity contribution >= 4 is 34.6 Å². The number of fused-ring (bicyclic) bond motifs is 1. The molecule has 0 spiro atoms. The second kappa shape index (κ2) is 9.46. The van der Waals surface area contributed by atoms with Crippen molar-refractivity contribution in [1.82, 2.24) is 20.2 Å². The molecule has 0 aliphatic heterocycles. The van der Waals surface area contributed by atoms with Gasteiger partial charge in [0.15, 0.2) is 0 Å². The lowest BCUT2D eigenvalue weighted by Crippen LogP contribution is -2.47. The van der Waals surface area contributed by atoms with Gasteiger partial charge in [0.2, 0.25) is 11.8 Å². The quantitative estimate of drug-likeness (QED) is 0.716. The van der Waals surface area contributed by atoms with Crippen LogP contribution >= 0.6 is 11.8 Å². The number of imidazole rings is 1. The molecule has 25 heavy (non-hydrogen) atoms. The molecule has 0 radical (unpaired) electrons. The van der Waals surface area contributed by atoms with Crippen LogP contribution in [0, 0.1) is 6.92 Å². The van der Waals surface area contributed by atoms with Crippen LogP contribution in [0.3, 0.4) is 0 Å². The smallest absolute Gasteiger partial charge is 0.242 e. The SMILES string of the molecule is CCC(=O)NC(CCSC)C(=O)NCCn1c(C)nc2ccccc21. The Morgan fingerprint density at radius 1 is 1.32 bits per heavy atom. The highest BCUT2D eigenvalue weighted by Crippen LogP contribution is 2.14. The van der Waals surface area contributed by atoms with Crippen LogP contribution in [0.5, 0.6) is 0 Å². The molecule has 2 rings (SSSR count). The number of amides is 2. The molecule has 0 bridgehead atoms. The molecular weight excluding hydrogens is 336 g/mol. The molecule has 0 aliphatic carbocycles.